The Morgan fingerprint density at radius 1 is 0.316 bits per heavy atom. The molecule has 270 valence electrons. The number of benzene rings is 7. The largest absolute Gasteiger partial charge is 0.256 e. The minimum absolute atomic E-state index is 0.00671. The van der Waals surface area contributed by atoms with E-state index in [1.54, 1.807) is 0 Å². The Kier molecular flexibility index (Phi) is 8.45. The fourth-order valence-corrected chi connectivity index (χ4v) is 8.17. The minimum Gasteiger partial charge on any atom is -0.256 e. The molecule has 2 heterocycles. The summed E-state index contributed by atoms with van der Waals surface area (Å²) in [6.45, 7) is 4.66. The molecule has 4 nitrogen and oxygen atoms in total. The molecular weight excluding hydrogens is 693 g/mol. The highest BCUT2D eigenvalue weighted by Gasteiger charge is 2.35. The fourth-order valence-electron chi connectivity index (χ4n) is 8.17. The van der Waals surface area contributed by atoms with Crippen LogP contribution < -0.4 is 0 Å². The molecule has 0 N–H and O–H groups in total. The van der Waals surface area contributed by atoms with Crippen LogP contribution in [0.2, 0.25) is 0 Å². The number of hydrogen-bond acceptors (Lipinski definition) is 4. The molecule has 10 rings (SSSR count). The zero-order valence-corrected chi connectivity index (χ0v) is 31.8. The summed E-state index contributed by atoms with van der Waals surface area (Å²) in [6.07, 6.45) is 1.81. The van der Waals surface area contributed by atoms with Crippen LogP contribution in [-0.2, 0) is 5.41 Å². The van der Waals surface area contributed by atoms with Crippen LogP contribution in [0.3, 0.4) is 0 Å². The van der Waals surface area contributed by atoms with Gasteiger partial charge in [-0.2, -0.15) is 0 Å². The maximum atomic E-state index is 5.04. The van der Waals surface area contributed by atoms with Crippen molar-refractivity contribution in [2.75, 3.05) is 0 Å². The van der Waals surface area contributed by atoms with Crippen molar-refractivity contribution in [3.05, 3.63) is 205 Å². The van der Waals surface area contributed by atoms with Crippen molar-refractivity contribution in [3.63, 3.8) is 0 Å². The lowest BCUT2D eigenvalue weighted by Gasteiger charge is -2.21. The molecule has 0 unspecified atom stereocenters. The van der Waals surface area contributed by atoms with E-state index < -0.39 is 0 Å². The van der Waals surface area contributed by atoms with E-state index in [0.717, 1.165) is 44.6 Å². The van der Waals surface area contributed by atoms with Crippen LogP contribution in [-0.4, -0.2) is 19.9 Å². The van der Waals surface area contributed by atoms with Gasteiger partial charge in [0.2, 0.25) is 0 Å². The third-order valence-electron chi connectivity index (χ3n) is 11.2. The van der Waals surface area contributed by atoms with Gasteiger partial charge in [0.25, 0.3) is 0 Å². The van der Waals surface area contributed by atoms with Gasteiger partial charge in [-0.3, -0.25) is 4.98 Å². The fraction of sp³-hybridized carbons (Fsp3) is 0.0566. The van der Waals surface area contributed by atoms with Crippen molar-refractivity contribution < 1.29 is 0 Å². The third-order valence-corrected chi connectivity index (χ3v) is 11.2. The van der Waals surface area contributed by atoms with Gasteiger partial charge < -0.3 is 0 Å². The lowest BCUT2D eigenvalue weighted by atomic mass is 9.82. The molecule has 0 saturated carbocycles. The number of hydrogen-bond donors (Lipinski definition) is 0. The quantitative estimate of drug-likeness (QED) is 0.164. The second-order valence-electron chi connectivity index (χ2n) is 15.1. The van der Waals surface area contributed by atoms with E-state index in [1.165, 1.54) is 38.9 Å². The molecule has 0 spiro atoms. The Morgan fingerprint density at radius 3 is 1.37 bits per heavy atom. The van der Waals surface area contributed by atoms with Gasteiger partial charge in [-0.1, -0.05) is 166 Å². The van der Waals surface area contributed by atoms with Gasteiger partial charge in [0, 0.05) is 33.9 Å². The van der Waals surface area contributed by atoms with Gasteiger partial charge in [0.1, 0.15) is 0 Å². The highest BCUT2D eigenvalue weighted by molar-refractivity contribution is 5.86. The van der Waals surface area contributed by atoms with Crippen LogP contribution in [0.5, 0.6) is 0 Å². The first kappa shape index (κ1) is 34.2. The number of aromatic nitrogens is 4. The summed E-state index contributed by atoms with van der Waals surface area (Å²) in [5.41, 5.74) is 17.2. The smallest absolute Gasteiger partial charge is 0.164 e. The molecule has 1 aliphatic carbocycles. The van der Waals surface area contributed by atoms with Crippen LogP contribution in [0.1, 0.15) is 25.0 Å². The Balaban J connectivity index is 0.985. The zero-order chi connectivity index (χ0) is 38.3. The molecule has 57 heavy (non-hydrogen) atoms. The maximum Gasteiger partial charge on any atom is 0.164 e. The Hall–Kier alpha value is -7.30. The van der Waals surface area contributed by atoms with E-state index in [2.05, 4.69) is 158 Å². The molecule has 7 aromatic carbocycles. The van der Waals surface area contributed by atoms with E-state index in [9.17, 15) is 0 Å². The molecule has 0 amide bonds. The molecule has 0 aliphatic heterocycles. The maximum absolute atomic E-state index is 5.04. The number of rotatable bonds is 7. The van der Waals surface area contributed by atoms with Crippen LogP contribution in [0.25, 0.3) is 89.9 Å². The van der Waals surface area contributed by atoms with E-state index in [4.69, 9.17) is 15.0 Å². The lowest BCUT2D eigenvalue weighted by molar-refractivity contribution is 0.660. The summed E-state index contributed by atoms with van der Waals surface area (Å²) in [4.78, 5) is 19.5. The van der Waals surface area contributed by atoms with Crippen LogP contribution in [0.4, 0.5) is 0 Å². The topological polar surface area (TPSA) is 51.6 Å². The van der Waals surface area contributed by atoms with Gasteiger partial charge in [-0.05, 0) is 92.0 Å². The second kappa shape index (κ2) is 14.1. The third kappa shape index (κ3) is 6.41. The standard InChI is InChI=1S/C53H38N4/c1-53(2)47-22-7-6-21-45(47)46-34-43(28-29-48(46)53)41-18-11-16-39(32-41)38-15-10-17-40(31-38)42-19-12-20-44(33-42)52-56-50(36-13-4-3-5-14-36)55-51(57-52)37-26-24-35(25-27-37)49-23-8-9-30-54-49/h3-34H,1-2H3. The van der Waals surface area contributed by atoms with E-state index >= 15 is 0 Å². The number of fused-ring (bicyclic) bond motifs is 3. The average Bonchev–Trinajstić information content (AvgIpc) is 3.52. The molecule has 0 bridgehead atoms. The molecule has 0 saturated heterocycles. The van der Waals surface area contributed by atoms with Gasteiger partial charge in [0.05, 0.1) is 5.69 Å². The van der Waals surface area contributed by atoms with E-state index in [0.29, 0.717) is 17.5 Å². The van der Waals surface area contributed by atoms with Crippen LogP contribution in [0.15, 0.2) is 194 Å². The molecule has 0 radical (unpaired) electrons. The number of nitrogens with zero attached hydrogens (tertiary/aromatic N) is 4. The van der Waals surface area contributed by atoms with Crippen LogP contribution >= 0.6 is 0 Å². The predicted molar refractivity (Wildman–Crippen MR) is 233 cm³/mol. The first-order valence-electron chi connectivity index (χ1n) is 19.4. The molecule has 0 atom stereocenters. The van der Waals surface area contributed by atoms with E-state index in [1.807, 2.05) is 54.7 Å². The van der Waals surface area contributed by atoms with Crippen LogP contribution in [0, 0.1) is 0 Å². The Labute approximate surface area is 333 Å². The molecule has 9 aromatic rings. The van der Waals surface area contributed by atoms with Gasteiger partial charge >= 0.3 is 0 Å². The van der Waals surface area contributed by atoms with Crippen molar-refractivity contribution >= 4 is 0 Å². The van der Waals surface area contributed by atoms with Crippen molar-refractivity contribution in [2.45, 2.75) is 19.3 Å². The number of pyridine rings is 1. The van der Waals surface area contributed by atoms with Gasteiger partial charge in [-0.25, -0.2) is 15.0 Å². The summed E-state index contributed by atoms with van der Waals surface area (Å²) in [5, 5.41) is 0. The van der Waals surface area contributed by atoms with Gasteiger partial charge in [-0.15, -0.1) is 0 Å². The Morgan fingerprint density at radius 2 is 0.754 bits per heavy atom. The second-order valence-corrected chi connectivity index (χ2v) is 15.1. The Bertz CT molecular complexity index is 2920. The first-order valence-corrected chi connectivity index (χ1v) is 19.4. The average molecular weight is 731 g/mol. The predicted octanol–water partition coefficient (Wildman–Crippen LogP) is 13.2. The van der Waals surface area contributed by atoms with Crippen molar-refractivity contribution in [3.8, 4) is 89.9 Å². The summed E-state index contributed by atoms with van der Waals surface area (Å²) >= 11 is 0. The normalized spacial score (nSPS) is 12.5. The summed E-state index contributed by atoms with van der Waals surface area (Å²) in [7, 11) is 0. The van der Waals surface area contributed by atoms with Gasteiger partial charge in [0.15, 0.2) is 17.5 Å². The summed E-state index contributed by atoms with van der Waals surface area (Å²) in [6, 6.07) is 66.2. The van der Waals surface area contributed by atoms with E-state index in [-0.39, 0.29) is 5.41 Å². The highest BCUT2D eigenvalue weighted by Crippen LogP contribution is 2.49. The molecule has 4 heteroatoms. The summed E-state index contributed by atoms with van der Waals surface area (Å²) in [5.74, 6) is 1.88. The summed E-state index contributed by atoms with van der Waals surface area (Å²) < 4.78 is 0. The van der Waals surface area contributed by atoms with Crippen molar-refractivity contribution in [1.82, 2.24) is 19.9 Å². The zero-order valence-electron chi connectivity index (χ0n) is 31.8. The van der Waals surface area contributed by atoms with Crippen molar-refractivity contribution in [2.24, 2.45) is 0 Å². The lowest BCUT2D eigenvalue weighted by Crippen LogP contribution is -2.14. The monoisotopic (exact) mass is 730 g/mol. The first-order chi connectivity index (χ1) is 28.0. The minimum atomic E-state index is -0.00671. The van der Waals surface area contributed by atoms with Crippen molar-refractivity contribution in [1.29, 1.82) is 0 Å². The SMILES string of the molecule is CC1(C)c2ccccc2-c2cc(-c3cccc(-c4cccc(-c5cccc(-c6nc(-c7ccccc7)nc(-c7ccc(-c8ccccn8)cc7)n6)c5)c4)c3)ccc21. The molecule has 2 aromatic heterocycles. The molecule has 0 fully saturated rings. The molecular formula is C53H38N4. The molecule has 1 aliphatic rings. The highest BCUT2D eigenvalue weighted by atomic mass is 15.0.